The third-order valence-electron chi connectivity index (χ3n) is 2.54. The number of anilines is 1. The Morgan fingerprint density at radius 3 is 2.58 bits per heavy atom. The Hall–Kier alpha value is -2.63. The summed E-state index contributed by atoms with van der Waals surface area (Å²) in [6.07, 6.45) is 4.91. The Balaban J connectivity index is 1.96. The normalized spacial score (nSPS) is 9.95. The van der Waals surface area contributed by atoms with Gasteiger partial charge in [0.05, 0.1) is 6.33 Å². The zero-order chi connectivity index (χ0) is 13.7. The van der Waals surface area contributed by atoms with Crippen molar-refractivity contribution in [3.05, 3.63) is 48.5 Å². The molecule has 0 aliphatic carbocycles. The van der Waals surface area contributed by atoms with Crippen molar-refractivity contribution in [1.82, 2.24) is 14.9 Å². The second kappa shape index (κ2) is 5.81. The van der Waals surface area contributed by atoms with Gasteiger partial charge in [0.1, 0.15) is 6.54 Å². The number of rotatable bonds is 4. The molecule has 1 aromatic carbocycles. The summed E-state index contributed by atoms with van der Waals surface area (Å²) in [7, 11) is 1.57. The summed E-state index contributed by atoms with van der Waals surface area (Å²) < 4.78 is 1.67. The molecule has 6 nitrogen and oxygen atoms in total. The monoisotopic (exact) mass is 258 g/mol. The van der Waals surface area contributed by atoms with E-state index in [9.17, 15) is 9.59 Å². The van der Waals surface area contributed by atoms with Crippen molar-refractivity contribution >= 4 is 17.5 Å². The van der Waals surface area contributed by atoms with E-state index < -0.39 is 0 Å². The topological polar surface area (TPSA) is 76.0 Å². The van der Waals surface area contributed by atoms with Crippen LogP contribution in [0.2, 0.25) is 0 Å². The van der Waals surface area contributed by atoms with Gasteiger partial charge in [0.25, 0.3) is 5.91 Å². The van der Waals surface area contributed by atoms with Crippen LogP contribution in [0.5, 0.6) is 0 Å². The zero-order valence-electron chi connectivity index (χ0n) is 10.5. The van der Waals surface area contributed by atoms with Crippen LogP contribution in [0.1, 0.15) is 10.4 Å². The lowest BCUT2D eigenvalue weighted by molar-refractivity contribution is -0.116. The van der Waals surface area contributed by atoms with Crippen LogP contribution >= 0.6 is 0 Å². The number of carbonyl (C=O) groups excluding carboxylic acids is 2. The summed E-state index contributed by atoms with van der Waals surface area (Å²) in [6.45, 7) is 0.206. The van der Waals surface area contributed by atoms with Gasteiger partial charge in [-0.1, -0.05) is 0 Å². The molecule has 1 heterocycles. The van der Waals surface area contributed by atoms with Crippen LogP contribution in [-0.4, -0.2) is 28.4 Å². The lowest BCUT2D eigenvalue weighted by atomic mass is 10.2. The maximum Gasteiger partial charge on any atom is 0.251 e. The van der Waals surface area contributed by atoms with Crippen molar-refractivity contribution in [3.63, 3.8) is 0 Å². The minimum atomic E-state index is -0.156. The average molecular weight is 258 g/mol. The van der Waals surface area contributed by atoms with Crippen LogP contribution in [0.15, 0.2) is 43.0 Å². The van der Waals surface area contributed by atoms with Gasteiger partial charge in [0.2, 0.25) is 5.91 Å². The first-order valence-corrected chi connectivity index (χ1v) is 5.77. The van der Waals surface area contributed by atoms with Crippen molar-refractivity contribution < 1.29 is 9.59 Å². The van der Waals surface area contributed by atoms with E-state index in [1.165, 1.54) is 0 Å². The Labute approximate surface area is 110 Å². The van der Waals surface area contributed by atoms with E-state index in [1.807, 2.05) is 0 Å². The minimum absolute atomic E-state index is 0.148. The number of carbonyl (C=O) groups is 2. The molecule has 0 saturated heterocycles. The largest absolute Gasteiger partial charge is 0.355 e. The molecular formula is C13H14N4O2. The molecule has 2 amide bonds. The Morgan fingerprint density at radius 2 is 2.00 bits per heavy atom. The van der Waals surface area contributed by atoms with Gasteiger partial charge in [-0.15, -0.1) is 0 Å². The number of hydrogen-bond acceptors (Lipinski definition) is 3. The van der Waals surface area contributed by atoms with Gasteiger partial charge in [-0.2, -0.15) is 0 Å². The second-order valence-corrected chi connectivity index (χ2v) is 3.94. The van der Waals surface area contributed by atoms with E-state index in [4.69, 9.17) is 0 Å². The number of nitrogens with zero attached hydrogens (tertiary/aromatic N) is 2. The highest BCUT2D eigenvalue weighted by atomic mass is 16.2. The molecule has 0 aliphatic heterocycles. The molecule has 0 fully saturated rings. The number of benzene rings is 1. The van der Waals surface area contributed by atoms with Gasteiger partial charge in [-0.05, 0) is 24.3 Å². The molecule has 0 aliphatic rings. The summed E-state index contributed by atoms with van der Waals surface area (Å²) in [4.78, 5) is 26.9. The van der Waals surface area contributed by atoms with Crippen molar-refractivity contribution in [1.29, 1.82) is 0 Å². The third kappa shape index (κ3) is 3.41. The fourth-order valence-corrected chi connectivity index (χ4v) is 1.60. The predicted molar refractivity (Wildman–Crippen MR) is 70.7 cm³/mol. The van der Waals surface area contributed by atoms with Crippen LogP contribution in [-0.2, 0) is 11.3 Å². The predicted octanol–water partition coefficient (Wildman–Crippen LogP) is 0.881. The van der Waals surface area contributed by atoms with Gasteiger partial charge < -0.3 is 15.2 Å². The highest BCUT2D eigenvalue weighted by molar-refractivity contribution is 5.95. The van der Waals surface area contributed by atoms with E-state index >= 15 is 0 Å². The van der Waals surface area contributed by atoms with Crippen molar-refractivity contribution in [2.45, 2.75) is 6.54 Å². The Morgan fingerprint density at radius 1 is 1.26 bits per heavy atom. The third-order valence-corrected chi connectivity index (χ3v) is 2.54. The van der Waals surface area contributed by atoms with Gasteiger partial charge in [-0.3, -0.25) is 9.59 Å². The molecule has 0 radical (unpaired) electrons. The smallest absolute Gasteiger partial charge is 0.251 e. The molecule has 6 heteroatoms. The molecule has 2 rings (SSSR count). The van der Waals surface area contributed by atoms with Gasteiger partial charge in [0, 0.05) is 30.7 Å². The van der Waals surface area contributed by atoms with Crippen molar-refractivity contribution in [3.8, 4) is 0 Å². The molecule has 19 heavy (non-hydrogen) atoms. The fraction of sp³-hybridized carbons (Fsp3) is 0.154. The highest BCUT2D eigenvalue weighted by Gasteiger charge is 2.05. The van der Waals surface area contributed by atoms with E-state index in [2.05, 4.69) is 15.6 Å². The molecule has 0 bridgehead atoms. The molecule has 98 valence electrons. The maximum atomic E-state index is 11.7. The zero-order valence-corrected chi connectivity index (χ0v) is 10.5. The molecule has 2 N–H and O–H groups in total. The first-order chi connectivity index (χ1) is 9.19. The van der Waals surface area contributed by atoms with Crippen LogP contribution in [0, 0.1) is 0 Å². The maximum absolute atomic E-state index is 11.7. The number of aromatic nitrogens is 2. The molecule has 0 spiro atoms. The fourth-order valence-electron chi connectivity index (χ4n) is 1.60. The number of imidazole rings is 1. The van der Waals surface area contributed by atoms with E-state index in [1.54, 1.807) is 54.6 Å². The molecule has 0 saturated carbocycles. The first kappa shape index (κ1) is 12.8. The van der Waals surface area contributed by atoms with Crippen LogP contribution in [0.25, 0.3) is 0 Å². The highest BCUT2D eigenvalue weighted by Crippen LogP contribution is 2.09. The average Bonchev–Trinajstić information content (AvgIpc) is 2.91. The standard InChI is InChI=1S/C13H14N4O2/c1-14-13(19)10-2-4-11(5-3-10)16-12(18)8-17-7-6-15-9-17/h2-7,9H,8H2,1H3,(H,14,19)(H,16,18). The van der Waals surface area contributed by atoms with E-state index in [0.717, 1.165) is 0 Å². The van der Waals surface area contributed by atoms with Gasteiger partial charge in [-0.25, -0.2) is 4.98 Å². The van der Waals surface area contributed by atoms with Crippen molar-refractivity contribution in [2.75, 3.05) is 12.4 Å². The molecular weight excluding hydrogens is 244 g/mol. The van der Waals surface area contributed by atoms with E-state index in [0.29, 0.717) is 11.3 Å². The SMILES string of the molecule is CNC(=O)c1ccc(NC(=O)Cn2ccnc2)cc1. The van der Waals surface area contributed by atoms with E-state index in [-0.39, 0.29) is 18.4 Å². The summed E-state index contributed by atoms with van der Waals surface area (Å²) in [6, 6.07) is 6.70. The summed E-state index contributed by atoms with van der Waals surface area (Å²) >= 11 is 0. The molecule has 1 aromatic heterocycles. The molecule has 2 aromatic rings. The van der Waals surface area contributed by atoms with Crippen molar-refractivity contribution in [2.24, 2.45) is 0 Å². The summed E-state index contributed by atoms with van der Waals surface area (Å²) in [5.41, 5.74) is 1.20. The summed E-state index contributed by atoms with van der Waals surface area (Å²) in [5, 5.41) is 5.28. The minimum Gasteiger partial charge on any atom is -0.355 e. The van der Waals surface area contributed by atoms with Gasteiger partial charge in [0.15, 0.2) is 0 Å². The molecule has 0 unspecified atom stereocenters. The number of hydrogen-bond donors (Lipinski definition) is 2. The van der Waals surface area contributed by atoms with Crippen LogP contribution in [0.4, 0.5) is 5.69 Å². The van der Waals surface area contributed by atoms with Crippen LogP contribution < -0.4 is 10.6 Å². The lowest BCUT2D eigenvalue weighted by Crippen LogP contribution is -2.19. The Kier molecular flexibility index (Phi) is 3.92. The second-order valence-electron chi connectivity index (χ2n) is 3.94. The first-order valence-electron chi connectivity index (χ1n) is 5.77. The van der Waals surface area contributed by atoms with Crippen LogP contribution in [0.3, 0.4) is 0 Å². The number of amides is 2. The summed E-state index contributed by atoms with van der Waals surface area (Å²) in [5.74, 6) is -0.304. The lowest BCUT2D eigenvalue weighted by Gasteiger charge is -2.06. The quantitative estimate of drug-likeness (QED) is 0.854. The number of nitrogens with one attached hydrogen (secondary N) is 2. The Bertz CT molecular complexity index is 561. The van der Waals surface area contributed by atoms with Gasteiger partial charge >= 0.3 is 0 Å². The molecule has 0 atom stereocenters.